The third kappa shape index (κ3) is 4.40. The maximum atomic E-state index is 14.6. The predicted octanol–water partition coefficient (Wildman–Crippen LogP) is 8.11. The van der Waals surface area contributed by atoms with Gasteiger partial charge in [-0.25, -0.2) is 14.0 Å². The van der Waals surface area contributed by atoms with E-state index >= 15 is 0 Å². The summed E-state index contributed by atoms with van der Waals surface area (Å²) in [6.45, 7) is 15.2. The number of allylic oxidation sites excluding steroid dienone is 2. The smallest absolute Gasteiger partial charge is 0.339 e. The van der Waals surface area contributed by atoms with E-state index in [1.807, 2.05) is 13.0 Å². The molecule has 0 amide bonds. The summed E-state index contributed by atoms with van der Waals surface area (Å²) in [5, 5.41) is 19.8. The molecule has 9 atom stereocenters. The number of ketones is 1. The van der Waals surface area contributed by atoms with Crippen molar-refractivity contribution in [2.24, 2.45) is 50.2 Å². The van der Waals surface area contributed by atoms with Gasteiger partial charge in [-0.3, -0.25) is 9.59 Å². The van der Waals surface area contributed by atoms with Crippen molar-refractivity contribution in [3.05, 3.63) is 46.8 Å². The number of aromatic carboxylic acids is 1. The van der Waals surface area contributed by atoms with Gasteiger partial charge in [-0.05, 0) is 122 Å². The number of aliphatic carboxylic acids is 1. The van der Waals surface area contributed by atoms with Gasteiger partial charge in [0.15, 0.2) is 5.78 Å². The Morgan fingerprint density at radius 1 is 0.870 bits per heavy atom. The number of carbonyl (C=O) groups is 4. The summed E-state index contributed by atoms with van der Waals surface area (Å²) in [5.74, 6) is -3.61. The topological polar surface area (TPSA) is 118 Å². The molecule has 1 aromatic carbocycles. The van der Waals surface area contributed by atoms with Gasteiger partial charge >= 0.3 is 17.9 Å². The molecule has 0 heterocycles. The first kappa shape index (κ1) is 32.9. The van der Waals surface area contributed by atoms with Gasteiger partial charge in [0.25, 0.3) is 0 Å². The Morgan fingerprint density at radius 3 is 2.20 bits per heavy atom. The summed E-state index contributed by atoms with van der Waals surface area (Å²) in [4.78, 5) is 52.1. The van der Waals surface area contributed by atoms with E-state index in [4.69, 9.17) is 4.74 Å². The molecule has 4 saturated carbocycles. The number of rotatable bonds is 4. The highest BCUT2D eigenvalue weighted by Gasteiger charge is 2.70. The van der Waals surface area contributed by atoms with Gasteiger partial charge in [0.1, 0.15) is 11.9 Å². The first-order chi connectivity index (χ1) is 21.2. The molecule has 6 rings (SSSR count). The van der Waals surface area contributed by atoms with E-state index in [0.717, 1.165) is 50.3 Å². The maximum absolute atomic E-state index is 14.6. The second-order valence-electron chi connectivity index (χ2n) is 17.3. The molecule has 5 aliphatic carbocycles. The molecule has 0 spiro atoms. The van der Waals surface area contributed by atoms with Crippen LogP contribution < -0.4 is 0 Å². The summed E-state index contributed by atoms with van der Waals surface area (Å²) in [6.07, 6.45) is 8.30. The molecule has 1 aromatic rings. The zero-order chi connectivity index (χ0) is 33.8. The first-order valence-corrected chi connectivity index (χ1v) is 17.0. The first-order valence-electron chi connectivity index (χ1n) is 17.0. The van der Waals surface area contributed by atoms with Gasteiger partial charge in [0.05, 0.1) is 16.5 Å². The number of benzene rings is 1. The highest BCUT2D eigenvalue weighted by atomic mass is 19.1. The highest BCUT2D eigenvalue weighted by Crippen LogP contribution is 2.75. The number of hydrogen-bond donors (Lipinski definition) is 2. The number of fused-ring (bicyclic) bond motifs is 7. The van der Waals surface area contributed by atoms with Crippen LogP contribution in [-0.2, 0) is 14.3 Å². The number of carbonyl (C=O) groups excluding carboxylic acids is 2. The fraction of sp³-hybridized carbons (Fsp3) is 0.684. The third-order valence-electron chi connectivity index (χ3n) is 14.7. The molecule has 0 saturated heterocycles. The number of halogens is 1. The lowest BCUT2D eigenvalue weighted by Crippen LogP contribution is -2.66. The summed E-state index contributed by atoms with van der Waals surface area (Å²) in [7, 11) is 0. The Kier molecular flexibility index (Phi) is 7.32. The van der Waals surface area contributed by atoms with Crippen LogP contribution in [0.25, 0.3) is 0 Å². The van der Waals surface area contributed by atoms with Crippen molar-refractivity contribution in [1.29, 1.82) is 0 Å². The molecule has 0 bridgehead atoms. The van der Waals surface area contributed by atoms with Gasteiger partial charge in [0, 0.05) is 11.3 Å². The minimum Gasteiger partial charge on any atom is -0.481 e. The zero-order valence-electron chi connectivity index (χ0n) is 28.3. The number of esters is 1. The molecule has 46 heavy (non-hydrogen) atoms. The standard InChI is InChI=1S/C38H49FO7/c1-33(2)27-10-13-38(7)29(36(27,5)12-11-28(33)46-31(43)23-18-21(39)8-9-22(23)30(41)42)26(40)19-24-25-20-35(4,32(44)45)15-14-34(25,3)16-17-37(24,38)6/h8-9,18-19,25,27-29H,10-17,20H2,1-7H3,(H,41,42)(H,44,45)/t25-,27?,28-,29?,34+,35-,36-,37?,38+/m0/s1. The van der Waals surface area contributed by atoms with Crippen LogP contribution in [0.15, 0.2) is 29.8 Å². The molecular formula is C38H49FO7. The Bertz CT molecular complexity index is 1560. The lowest BCUT2D eigenvalue weighted by atomic mass is 9.33. The Labute approximate surface area is 271 Å². The average molecular weight is 637 g/mol. The van der Waals surface area contributed by atoms with E-state index in [1.54, 1.807) is 0 Å². The molecule has 8 heteroatoms. The summed E-state index contributed by atoms with van der Waals surface area (Å²) in [6, 6.07) is 3.02. The van der Waals surface area contributed by atoms with E-state index in [9.17, 15) is 33.8 Å². The summed E-state index contributed by atoms with van der Waals surface area (Å²) >= 11 is 0. The normalized spacial score (nSPS) is 42.8. The molecule has 3 unspecified atom stereocenters. The van der Waals surface area contributed by atoms with Crippen LogP contribution in [0.2, 0.25) is 0 Å². The average Bonchev–Trinajstić information content (AvgIpc) is 2.96. The van der Waals surface area contributed by atoms with E-state index in [-0.39, 0.29) is 56.3 Å². The van der Waals surface area contributed by atoms with Crippen molar-refractivity contribution in [3.8, 4) is 0 Å². The second kappa shape index (κ2) is 10.2. The molecule has 2 N–H and O–H groups in total. The molecule has 0 aliphatic heterocycles. The van der Waals surface area contributed by atoms with Crippen molar-refractivity contribution in [1.82, 2.24) is 0 Å². The maximum Gasteiger partial charge on any atom is 0.339 e. The molecule has 250 valence electrons. The molecule has 0 aromatic heterocycles. The van der Waals surface area contributed by atoms with Crippen molar-refractivity contribution in [2.75, 3.05) is 0 Å². The quantitative estimate of drug-likeness (QED) is 0.321. The van der Waals surface area contributed by atoms with Gasteiger partial charge in [-0.2, -0.15) is 0 Å². The van der Waals surface area contributed by atoms with E-state index < -0.39 is 40.7 Å². The highest BCUT2D eigenvalue weighted by molar-refractivity contribution is 6.02. The lowest BCUT2D eigenvalue weighted by Gasteiger charge is -2.70. The van der Waals surface area contributed by atoms with Crippen LogP contribution in [0, 0.1) is 56.1 Å². The van der Waals surface area contributed by atoms with Crippen LogP contribution in [-0.4, -0.2) is 40.0 Å². The van der Waals surface area contributed by atoms with Gasteiger partial charge in [-0.1, -0.05) is 47.1 Å². The minimum absolute atomic E-state index is 0.0169. The molecule has 4 fully saturated rings. The summed E-state index contributed by atoms with van der Waals surface area (Å²) in [5.41, 5.74) is -1.68. The van der Waals surface area contributed by atoms with Crippen LogP contribution in [0.3, 0.4) is 0 Å². The van der Waals surface area contributed by atoms with Crippen LogP contribution in [0.5, 0.6) is 0 Å². The Balaban J connectivity index is 1.33. The minimum atomic E-state index is -1.32. The van der Waals surface area contributed by atoms with Gasteiger partial charge in [-0.15, -0.1) is 0 Å². The lowest BCUT2D eigenvalue weighted by molar-refractivity contribution is -0.202. The van der Waals surface area contributed by atoms with Crippen molar-refractivity contribution in [2.45, 2.75) is 112 Å². The predicted molar refractivity (Wildman–Crippen MR) is 170 cm³/mol. The van der Waals surface area contributed by atoms with Gasteiger partial charge in [0.2, 0.25) is 0 Å². The summed E-state index contributed by atoms with van der Waals surface area (Å²) < 4.78 is 20.1. The Hall–Kier alpha value is -3.03. The third-order valence-corrected chi connectivity index (χ3v) is 14.7. The second-order valence-corrected chi connectivity index (χ2v) is 17.3. The molecule has 5 aliphatic rings. The monoisotopic (exact) mass is 636 g/mol. The van der Waals surface area contributed by atoms with E-state index in [2.05, 4.69) is 41.5 Å². The van der Waals surface area contributed by atoms with Crippen molar-refractivity contribution < 1.29 is 38.5 Å². The fourth-order valence-electron chi connectivity index (χ4n) is 11.6. The number of hydrogen-bond acceptors (Lipinski definition) is 5. The fourth-order valence-corrected chi connectivity index (χ4v) is 11.6. The number of carboxylic acids is 2. The SMILES string of the molecule is CC1(C)C2CC[C@]3(C)C(C(=O)C=C4[C@@H]5C[C@@](C)(C(=O)O)CC[C@]5(C)CCC43C)[C@@]2(C)CC[C@@H]1OC(=O)c1cc(F)ccc1C(=O)O. The Morgan fingerprint density at radius 2 is 1.54 bits per heavy atom. The van der Waals surface area contributed by atoms with Crippen molar-refractivity contribution in [3.63, 3.8) is 0 Å². The largest absolute Gasteiger partial charge is 0.481 e. The van der Waals surface area contributed by atoms with E-state index in [0.29, 0.717) is 25.7 Å². The van der Waals surface area contributed by atoms with Crippen LogP contribution in [0.4, 0.5) is 4.39 Å². The molecule has 7 nitrogen and oxygen atoms in total. The molecular weight excluding hydrogens is 587 g/mol. The zero-order valence-corrected chi connectivity index (χ0v) is 28.3. The van der Waals surface area contributed by atoms with Crippen LogP contribution >= 0.6 is 0 Å². The van der Waals surface area contributed by atoms with Crippen molar-refractivity contribution >= 4 is 23.7 Å². The molecule has 0 radical (unpaired) electrons. The van der Waals surface area contributed by atoms with E-state index in [1.165, 1.54) is 5.57 Å². The number of ether oxygens (including phenoxy) is 1. The van der Waals surface area contributed by atoms with Crippen LogP contribution in [0.1, 0.15) is 127 Å². The number of carboxylic acid groups (broad SMARTS) is 2. The van der Waals surface area contributed by atoms with Gasteiger partial charge < -0.3 is 14.9 Å².